The lowest BCUT2D eigenvalue weighted by molar-refractivity contribution is -0.143. The lowest BCUT2D eigenvalue weighted by atomic mass is 10.00. The van der Waals surface area contributed by atoms with E-state index in [1.165, 1.54) is 0 Å². The number of aromatic hydroxyl groups is 1. The Balaban J connectivity index is 1.07. The molecule has 0 aromatic heterocycles. The lowest BCUT2D eigenvalue weighted by Gasteiger charge is -2.43. The molecule has 2 N–H and O–H groups in total. The molecule has 3 saturated heterocycles. The van der Waals surface area contributed by atoms with Crippen molar-refractivity contribution < 1.29 is 29.0 Å². The van der Waals surface area contributed by atoms with E-state index in [2.05, 4.69) is 10.2 Å². The molecule has 4 aliphatic heterocycles. The van der Waals surface area contributed by atoms with Gasteiger partial charge in [-0.05, 0) is 74.3 Å². The number of hydrogen-bond donors (Lipinski definition) is 2. The third-order valence-corrected chi connectivity index (χ3v) is 10.8. The smallest absolute Gasteiger partial charge is 0.410 e. The van der Waals surface area contributed by atoms with Gasteiger partial charge in [0.25, 0.3) is 5.91 Å². The fraction of sp³-hybridized carbons (Fsp3) is 0.568. The Hall–Kier alpha value is -4.32. The van der Waals surface area contributed by atoms with Crippen LogP contribution in [-0.4, -0.2) is 131 Å². The molecule has 0 saturated carbocycles. The first-order valence-corrected chi connectivity index (χ1v) is 17.8. The molecular formula is C37H50N6O6. The van der Waals surface area contributed by atoms with Crippen molar-refractivity contribution in [3.05, 3.63) is 58.7 Å². The van der Waals surface area contributed by atoms with Gasteiger partial charge in [0.1, 0.15) is 5.75 Å². The highest BCUT2D eigenvalue weighted by Crippen LogP contribution is 2.27. The number of carbonyl (C=O) groups excluding carboxylic acids is 4. The highest BCUT2D eigenvalue weighted by Gasteiger charge is 2.36. The number of phenolic OH excluding ortho intramolecular Hbond substituents is 1. The molecule has 5 amide bonds. The van der Waals surface area contributed by atoms with E-state index in [-0.39, 0.29) is 36.1 Å². The summed E-state index contributed by atoms with van der Waals surface area (Å²) in [5.74, 6) is 0.131. The van der Waals surface area contributed by atoms with Gasteiger partial charge in [-0.25, -0.2) is 9.59 Å². The Kier molecular flexibility index (Phi) is 10.6. The number of anilines is 1. The summed E-state index contributed by atoms with van der Waals surface area (Å²) in [6, 6.07) is 11.8. The Morgan fingerprint density at radius 2 is 1.45 bits per heavy atom. The molecule has 4 aliphatic rings. The van der Waals surface area contributed by atoms with Crippen molar-refractivity contribution in [2.75, 3.05) is 64.2 Å². The number of amides is 5. The second kappa shape index (κ2) is 15.1. The second-order valence-corrected chi connectivity index (χ2v) is 14.0. The van der Waals surface area contributed by atoms with Gasteiger partial charge in [0.2, 0.25) is 5.91 Å². The van der Waals surface area contributed by atoms with Gasteiger partial charge in [-0.15, -0.1) is 0 Å². The number of nitrogens with one attached hydrogen (secondary N) is 1. The quantitative estimate of drug-likeness (QED) is 0.478. The van der Waals surface area contributed by atoms with Crippen molar-refractivity contribution in [3.8, 4) is 5.75 Å². The third-order valence-electron chi connectivity index (χ3n) is 10.8. The molecule has 49 heavy (non-hydrogen) atoms. The monoisotopic (exact) mass is 674 g/mol. The summed E-state index contributed by atoms with van der Waals surface area (Å²) >= 11 is 0. The zero-order valence-electron chi connectivity index (χ0n) is 29.0. The fourth-order valence-electron chi connectivity index (χ4n) is 7.91. The first-order chi connectivity index (χ1) is 23.6. The lowest BCUT2D eigenvalue weighted by Crippen LogP contribution is -2.57. The number of urea groups is 1. The summed E-state index contributed by atoms with van der Waals surface area (Å²) in [5, 5.41) is 13.4. The number of ether oxygens (including phenoxy) is 1. The molecule has 6 rings (SSSR count). The van der Waals surface area contributed by atoms with Gasteiger partial charge in [0.15, 0.2) is 6.10 Å². The summed E-state index contributed by atoms with van der Waals surface area (Å²) in [5.41, 5.74) is 4.20. The van der Waals surface area contributed by atoms with Crippen LogP contribution in [0, 0.1) is 13.8 Å². The highest BCUT2D eigenvalue weighted by molar-refractivity contribution is 5.91. The maximum absolute atomic E-state index is 14.0. The van der Waals surface area contributed by atoms with Crippen LogP contribution in [0.2, 0.25) is 0 Å². The Morgan fingerprint density at radius 3 is 2.10 bits per heavy atom. The molecule has 12 nitrogen and oxygen atoms in total. The van der Waals surface area contributed by atoms with Crippen molar-refractivity contribution in [2.24, 2.45) is 0 Å². The van der Waals surface area contributed by atoms with Gasteiger partial charge >= 0.3 is 12.1 Å². The van der Waals surface area contributed by atoms with Crippen molar-refractivity contribution in [1.29, 1.82) is 0 Å². The molecular weight excluding hydrogens is 624 g/mol. The number of nitrogens with zero attached hydrogens (tertiary/aromatic N) is 5. The van der Waals surface area contributed by atoms with E-state index in [0.29, 0.717) is 62.7 Å². The fourth-order valence-corrected chi connectivity index (χ4v) is 7.91. The number of piperidine rings is 2. The highest BCUT2D eigenvalue weighted by atomic mass is 16.6. The minimum absolute atomic E-state index is 0.00438. The van der Waals surface area contributed by atoms with Crippen molar-refractivity contribution in [3.63, 3.8) is 0 Å². The second-order valence-electron chi connectivity index (χ2n) is 14.0. The molecule has 0 radical (unpaired) electrons. The number of para-hydroxylation sites is 1. The average Bonchev–Trinajstić information content (AvgIpc) is 3.28. The number of aryl methyl sites for hydroxylation is 2. The van der Waals surface area contributed by atoms with Crippen LogP contribution >= 0.6 is 0 Å². The molecule has 264 valence electrons. The van der Waals surface area contributed by atoms with Gasteiger partial charge < -0.3 is 34.8 Å². The zero-order chi connectivity index (χ0) is 34.7. The molecule has 0 aliphatic carbocycles. The zero-order valence-corrected chi connectivity index (χ0v) is 29.0. The van der Waals surface area contributed by atoms with Crippen LogP contribution < -0.4 is 5.32 Å². The first kappa shape index (κ1) is 34.5. The van der Waals surface area contributed by atoms with E-state index in [9.17, 15) is 24.3 Å². The Labute approximate surface area is 288 Å². The summed E-state index contributed by atoms with van der Waals surface area (Å²) in [7, 11) is 0. The molecule has 0 bridgehead atoms. The van der Waals surface area contributed by atoms with E-state index in [0.717, 1.165) is 62.3 Å². The van der Waals surface area contributed by atoms with E-state index in [1.54, 1.807) is 11.8 Å². The van der Waals surface area contributed by atoms with Crippen LogP contribution in [0.3, 0.4) is 0 Å². The maximum atomic E-state index is 14.0. The van der Waals surface area contributed by atoms with Gasteiger partial charge in [0, 0.05) is 90.0 Å². The van der Waals surface area contributed by atoms with Crippen molar-refractivity contribution in [2.45, 2.75) is 77.5 Å². The van der Waals surface area contributed by atoms with Gasteiger partial charge in [-0.1, -0.05) is 30.3 Å². The summed E-state index contributed by atoms with van der Waals surface area (Å²) in [6.07, 6.45) is 2.57. The number of rotatable bonds is 6. The molecule has 0 unspecified atom stereocenters. The third kappa shape index (κ3) is 7.95. The van der Waals surface area contributed by atoms with Gasteiger partial charge in [-0.2, -0.15) is 0 Å². The molecule has 12 heteroatoms. The molecule has 1 atom stereocenters. The standard InChI is InChI=1S/C37H50N6O6/c1-25-22-28(23-26(2)34(25)45)24-33(35(46)41-20-18-40(19-21-41)30-9-13-39(14-10-30)27(3)44)49-37(48)42-15-11-31(12-16-42)43-17-8-29-6-4-5-7-32(29)38-36(43)47/h4-7,22-23,30-31,33,45H,8-21,24H2,1-3H3,(H,38,47)/t33-/m1/s1. The summed E-state index contributed by atoms with van der Waals surface area (Å²) < 4.78 is 6.05. The van der Waals surface area contributed by atoms with Crippen LogP contribution in [0.15, 0.2) is 36.4 Å². The number of fused-ring (bicyclic) bond motifs is 1. The number of hydrogen-bond acceptors (Lipinski definition) is 7. The first-order valence-electron chi connectivity index (χ1n) is 17.8. The Morgan fingerprint density at radius 1 is 0.837 bits per heavy atom. The van der Waals surface area contributed by atoms with Crippen LogP contribution in [0.1, 0.15) is 54.9 Å². The molecule has 4 heterocycles. The van der Waals surface area contributed by atoms with E-state index in [4.69, 9.17) is 4.74 Å². The maximum Gasteiger partial charge on any atom is 0.410 e. The number of likely N-dealkylation sites (tertiary alicyclic amines) is 2. The predicted octanol–water partition coefficient (Wildman–Crippen LogP) is 3.77. The van der Waals surface area contributed by atoms with Gasteiger partial charge in [0.05, 0.1) is 0 Å². The van der Waals surface area contributed by atoms with Crippen molar-refractivity contribution in [1.82, 2.24) is 24.5 Å². The minimum atomic E-state index is -1.01. The SMILES string of the molecule is CC(=O)N1CCC(N2CCN(C(=O)[C@@H](Cc3cc(C)c(O)c(C)c3)OC(=O)N3CCC(N4CCc5ccccc5NC4=O)CC3)CC2)CC1. The van der Waals surface area contributed by atoms with Crippen LogP contribution in [0.25, 0.3) is 0 Å². The topological polar surface area (TPSA) is 126 Å². The molecule has 2 aromatic carbocycles. The van der Waals surface area contributed by atoms with Crippen molar-refractivity contribution >= 4 is 29.6 Å². The number of benzene rings is 2. The normalized spacial score (nSPS) is 20.3. The number of phenols is 1. The van der Waals surface area contributed by atoms with E-state index < -0.39 is 12.2 Å². The number of piperazine rings is 1. The summed E-state index contributed by atoms with van der Waals surface area (Å²) in [4.78, 5) is 62.2. The molecule has 3 fully saturated rings. The van der Waals surface area contributed by atoms with E-state index >= 15 is 0 Å². The van der Waals surface area contributed by atoms with Crippen LogP contribution in [0.5, 0.6) is 5.75 Å². The van der Waals surface area contributed by atoms with E-state index in [1.807, 2.05) is 64.9 Å². The minimum Gasteiger partial charge on any atom is -0.507 e. The molecule has 0 spiro atoms. The van der Waals surface area contributed by atoms with Gasteiger partial charge in [-0.3, -0.25) is 14.5 Å². The average molecular weight is 675 g/mol. The number of carbonyl (C=O) groups is 4. The molecule has 2 aromatic rings. The Bertz CT molecular complexity index is 1520. The summed E-state index contributed by atoms with van der Waals surface area (Å²) in [6.45, 7) is 10.8. The van der Waals surface area contributed by atoms with Crippen LogP contribution in [-0.2, 0) is 27.2 Å². The largest absolute Gasteiger partial charge is 0.507 e. The van der Waals surface area contributed by atoms with Crippen LogP contribution in [0.4, 0.5) is 15.3 Å². The predicted molar refractivity (Wildman–Crippen MR) is 185 cm³/mol.